The lowest BCUT2D eigenvalue weighted by Crippen LogP contribution is -1.98. The molecule has 2 rings (SSSR count). The Morgan fingerprint density at radius 3 is 2.86 bits per heavy atom. The average molecular weight is 187 g/mol. The Morgan fingerprint density at radius 2 is 2.14 bits per heavy atom. The minimum Gasteiger partial charge on any atom is -0.478 e. The van der Waals surface area contributed by atoms with E-state index < -0.39 is 5.97 Å². The summed E-state index contributed by atoms with van der Waals surface area (Å²) < 4.78 is 0. The van der Waals surface area contributed by atoms with Gasteiger partial charge in [0.25, 0.3) is 0 Å². The standard InChI is InChI=1S/C11H9NO2/c1-7-2-3-8-5-12-6-10(11(13)14)9(8)4-7/h2-6H,1H3,(H,13,14). The number of rotatable bonds is 1. The van der Waals surface area contributed by atoms with Crippen molar-refractivity contribution in [2.45, 2.75) is 6.92 Å². The number of carboxylic acid groups (broad SMARTS) is 1. The second kappa shape index (κ2) is 3.10. The molecule has 14 heavy (non-hydrogen) atoms. The van der Waals surface area contributed by atoms with Crippen LogP contribution in [0.15, 0.2) is 30.6 Å². The summed E-state index contributed by atoms with van der Waals surface area (Å²) in [6.07, 6.45) is 3.05. The van der Waals surface area contributed by atoms with Crippen LogP contribution in [0.1, 0.15) is 15.9 Å². The van der Waals surface area contributed by atoms with E-state index in [0.29, 0.717) is 0 Å². The minimum atomic E-state index is -0.936. The van der Waals surface area contributed by atoms with Crippen LogP contribution in [0.4, 0.5) is 0 Å². The van der Waals surface area contributed by atoms with Crippen LogP contribution in [-0.2, 0) is 0 Å². The van der Waals surface area contributed by atoms with Crippen LogP contribution in [-0.4, -0.2) is 16.1 Å². The van der Waals surface area contributed by atoms with Crippen molar-refractivity contribution < 1.29 is 9.90 Å². The number of carbonyl (C=O) groups is 1. The third-order valence-electron chi connectivity index (χ3n) is 2.15. The Kier molecular flexibility index (Phi) is 1.93. The van der Waals surface area contributed by atoms with Crippen LogP contribution < -0.4 is 0 Å². The third kappa shape index (κ3) is 1.33. The van der Waals surface area contributed by atoms with E-state index in [1.54, 1.807) is 6.20 Å². The number of fused-ring (bicyclic) bond motifs is 1. The van der Waals surface area contributed by atoms with Crippen molar-refractivity contribution in [1.82, 2.24) is 4.98 Å². The number of carboxylic acids is 1. The van der Waals surface area contributed by atoms with E-state index in [1.165, 1.54) is 6.20 Å². The molecule has 0 aliphatic rings. The predicted octanol–water partition coefficient (Wildman–Crippen LogP) is 2.24. The van der Waals surface area contributed by atoms with Crippen molar-refractivity contribution in [3.05, 3.63) is 41.7 Å². The summed E-state index contributed by atoms with van der Waals surface area (Å²) in [6, 6.07) is 5.68. The SMILES string of the molecule is Cc1ccc2cncc(C(=O)O)c2c1. The maximum Gasteiger partial charge on any atom is 0.337 e. The van der Waals surface area contributed by atoms with Gasteiger partial charge < -0.3 is 5.11 Å². The van der Waals surface area contributed by atoms with E-state index in [1.807, 2.05) is 25.1 Å². The molecule has 0 bridgehead atoms. The lowest BCUT2D eigenvalue weighted by atomic mass is 10.1. The minimum absolute atomic E-state index is 0.256. The molecule has 1 heterocycles. The summed E-state index contributed by atoms with van der Waals surface area (Å²) >= 11 is 0. The van der Waals surface area contributed by atoms with Gasteiger partial charge in [-0.1, -0.05) is 23.8 Å². The Bertz CT molecular complexity index is 506. The van der Waals surface area contributed by atoms with Gasteiger partial charge in [-0.05, 0) is 12.3 Å². The van der Waals surface area contributed by atoms with Gasteiger partial charge in [0, 0.05) is 17.8 Å². The fourth-order valence-electron chi connectivity index (χ4n) is 1.45. The van der Waals surface area contributed by atoms with Crippen LogP contribution in [0.5, 0.6) is 0 Å². The summed E-state index contributed by atoms with van der Waals surface area (Å²) in [5.74, 6) is -0.936. The number of aromatic carboxylic acids is 1. The van der Waals surface area contributed by atoms with Gasteiger partial charge in [-0.2, -0.15) is 0 Å². The summed E-state index contributed by atoms with van der Waals surface area (Å²) in [5.41, 5.74) is 1.30. The van der Waals surface area contributed by atoms with E-state index in [-0.39, 0.29) is 5.56 Å². The highest BCUT2D eigenvalue weighted by molar-refractivity contribution is 6.03. The van der Waals surface area contributed by atoms with E-state index in [0.717, 1.165) is 16.3 Å². The van der Waals surface area contributed by atoms with Crippen molar-refractivity contribution in [2.24, 2.45) is 0 Å². The Hall–Kier alpha value is -1.90. The van der Waals surface area contributed by atoms with Crippen LogP contribution in [0.3, 0.4) is 0 Å². The first-order valence-corrected chi connectivity index (χ1v) is 4.26. The highest BCUT2D eigenvalue weighted by Gasteiger charge is 2.07. The topological polar surface area (TPSA) is 50.2 Å². The van der Waals surface area contributed by atoms with Crippen molar-refractivity contribution in [2.75, 3.05) is 0 Å². The molecule has 1 N–H and O–H groups in total. The molecule has 1 aromatic carbocycles. The molecular weight excluding hydrogens is 178 g/mol. The predicted molar refractivity (Wildman–Crippen MR) is 53.4 cm³/mol. The molecule has 0 saturated carbocycles. The summed E-state index contributed by atoms with van der Waals surface area (Å²) in [5, 5.41) is 10.5. The zero-order valence-corrected chi connectivity index (χ0v) is 7.69. The highest BCUT2D eigenvalue weighted by atomic mass is 16.4. The van der Waals surface area contributed by atoms with E-state index in [9.17, 15) is 4.79 Å². The first-order chi connectivity index (χ1) is 6.68. The zero-order chi connectivity index (χ0) is 10.1. The molecule has 0 fully saturated rings. The van der Waals surface area contributed by atoms with Gasteiger partial charge in [-0.25, -0.2) is 4.79 Å². The highest BCUT2D eigenvalue weighted by Crippen LogP contribution is 2.18. The molecule has 0 unspecified atom stereocenters. The maximum absolute atomic E-state index is 10.9. The summed E-state index contributed by atoms with van der Waals surface area (Å²) in [7, 11) is 0. The van der Waals surface area contributed by atoms with Crippen LogP contribution in [0, 0.1) is 6.92 Å². The van der Waals surface area contributed by atoms with E-state index in [4.69, 9.17) is 5.11 Å². The summed E-state index contributed by atoms with van der Waals surface area (Å²) in [4.78, 5) is 14.8. The fourth-order valence-corrected chi connectivity index (χ4v) is 1.45. The third-order valence-corrected chi connectivity index (χ3v) is 2.15. The maximum atomic E-state index is 10.9. The Balaban J connectivity index is 2.84. The molecule has 3 heteroatoms. The van der Waals surface area contributed by atoms with Gasteiger partial charge in [-0.3, -0.25) is 4.98 Å². The molecule has 0 amide bonds. The molecular formula is C11H9NO2. The molecule has 0 atom stereocenters. The molecule has 3 nitrogen and oxygen atoms in total. The number of aryl methyl sites for hydroxylation is 1. The molecule has 0 aliphatic heterocycles. The van der Waals surface area contributed by atoms with Crippen LogP contribution in [0.2, 0.25) is 0 Å². The Labute approximate surface area is 81.0 Å². The van der Waals surface area contributed by atoms with Crippen LogP contribution in [0.25, 0.3) is 10.8 Å². The van der Waals surface area contributed by atoms with Gasteiger partial charge in [-0.15, -0.1) is 0 Å². The average Bonchev–Trinajstić information content (AvgIpc) is 2.16. The molecule has 0 radical (unpaired) electrons. The number of pyridine rings is 1. The largest absolute Gasteiger partial charge is 0.478 e. The monoisotopic (exact) mass is 187 g/mol. The number of hydrogen-bond acceptors (Lipinski definition) is 2. The fraction of sp³-hybridized carbons (Fsp3) is 0.0909. The number of aromatic nitrogens is 1. The van der Waals surface area contributed by atoms with E-state index >= 15 is 0 Å². The lowest BCUT2D eigenvalue weighted by Gasteiger charge is -2.02. The number of nitrogens with zero attached hydrogens (tertiary/aromatic N) is 1. The molecule has 0 aliphatic carbocycles. The summed E-state index contributed by atoms with van der Waals surface area (Å²) in [6.45, 7) is 1.94. The smallest absolute Gasteiger partial charge is 0.337 e. The molecule has 0 spiro atoms. The van der Waals surface area contributed by atoms with Crippen molar-refractivity contribution in [1.29, 1.82) is 0 Å². The van der Waals surface area contributed by atoms with E-state index in [2.05, 4.69) is 4.98 Å². The van der Waals surface area contributed by atoms with Gasteiger partial charge in [0.05, 0.1) is 5.56 Å². The van der Waals surface area contributed by atoms with Gasteiger partial charge in [0.1, 0.15) is 0 Å². The van der Waals surface area contributed by atoms with Gasteiger partial charge in [0.2, 0.25) is 0 Å². The lowest BCUT2D eigenvalue weighted by molar-refractivity contribution is 0.0698. The first kappa shape index (κ1) is 8.69. The molecule has 2 aromatic rings. The van der Waals surface area contributed by atoms with Crippen molar-refractivity contribution in [3.8, 4) is 0 Å². The van der Waals surface area contributed by atoms with Gasteiger partial charge >= 0.3 is 5.97 Å². The normalized spacial score (nSPS) is 10.4. The van der Waals surface area contributed by atoms with Crippen molar-refractivity contribution in [3.63, 3.8) is 0 Å². The number of benzene rings is 1. The number of hydrogen-bond donors (Lipinski definition) is 1. The molecule has 70 valence electrons. The van der Waals surface area contributed by atoms with Crippen molar-refractivity contribution >= 4 is 16.7 Å². The Morgan fingerprint density at radius 1 is 1.36 bits per heavy atom. The first-order valence-electron chi connectivity index (χ1n) is 4.26. The molecule has 0 saturated heterocycles. The quantitative estimate of drug-likeness (QED) is 0.744. The molecule has 1 aromatic heterocycles. The zero-order valence-electron chi connectivity index (χ0n) is 7.69. The van der Waals surface area contributed by atoms with Gasteiger partial charge in [0.15, 0.2) is 0 Å². The second-order valence-electron chi connectivity index (χ2n) is 3.22. The van der Waals surface area contributed by atoms with Crippen LogP contribution >= 0.6 is 0 Å². The second-order valence-corrected chi connectivity index (χ2v) is 3.22.